The van der Waals surface area contributed by atoms with Crippen molar-refractivity contribution in [3.63, 3.8) is 0 Å². The van der Waals surface area contributed by atoms with E-state index in [2.05, 4.69) is 10.6 Å². The molecule has 1 aromatic carbocycles. The first-order valence-electron chi connectivity index (χ1n) is 5.76. The normalized spacial score (nSPS) is 18.6. The van der Waals surface area contributed by atoms with Crippen LogP contribution in [0.25, 0.3) is 0 Å². The summed E-state index contributed by atoms with van der Waals surface area (Å²) in [6.07, 6.45) is 2.55. The molecule has 0 saturated carbocycles. The predicted molar refractivity (Wildman–Crippen MR) is 67.8 cm³/mol. The van der Waals surface area contributed by atoms with Crippen LogP contribution in [0.5, 0.6) is 0 Å². The summed E-state index contributed by atoms with van der Waals surface area (Å²) >= 11 is 0. The van der Waals surface area contributed by atoms with Crippen molar-refractivity contribution in [2.75, 3.05) is 11.9 Å². The van der Waals surface area contributed by atoms with Crippen LogP contribution < -0.4 is 10.6 Å². The van der Waals surface area contributed by atoms with Crippen molar-refractivity contribution in [3.8, 4) is 0 Å². The molecule has 19 heavy (non-hydrogen) atoms. The van der Waals surface area contributed by atoms with Crippen molar-refractivity contribution in [1.82, 2.24) is 5.32 Å². The lowest BCUT2D eigenvalue weighted by Gasteiger charge is -2.22. The van der Waals surface area contributed by atoms with Crippen LogP contribution in [0.15, 0.2) is 12.1 Å². The summed E-state index contributed by atoms with van der Waals surface area (Å²) in [5, 5.41) is 5.25. The van der Waals surface area contributed by atoms with E-state index in [0.29, 0.717) is 18.6 Å². The number of hydrogen-bond acceptors (Lipinski definition) is 2. The molecule has 1 atom stereocenters. The standard InChI is InChI=1S/C12H13F3N2O.ClH/c13-7-5-9(15)11(6-8(7)14)17-12(18)10-3-1-2-4-16-10;/h5-6,10,16H,1-4H2,(H,17,18);1H/t10-;/m0./s1. The van der Waals surface area contributed by atoms with Crippen LogP contribution in [0.3, 0.4) is 0 Å². The zero-order valence-corrected chi connectivity index (χ0v) is 10.8. The highest BCUT2D eigenvalue weighted by atomic mass is 35.5. The first-order valence-corrected chi connectivity index (χ1v) is 5.76. The molecule has 2 N–H and O–H groups in total. The maximum absolute atomic E-state index is 13.3. The highest BCUT2D eigenvalue weighted by molar-refractivity contribution is 5.95. The van der Waals surface area contributed by atoms with Crippen LogP contribution in [0.1, 0.15) is 19.3 Å². The van der Waals surface area contributed by atoms with E-state index < -0.39 is 29.4 Å². The zero-order valence-electron chi connectivity index (χ0n) is 10.0. The van der Waals surface area contributed by atoms with Gasteiger partial charge in [0.25, 0.3) is 0 Å². The van der Waals surface area contributed by atoms with Crippen LogP contribution in [0.2, 0.25) is 0 Å². The Hall–Kier alpha value is -1.27. The van der Waals surface area contributed by atoms with Gasteiger partial charge < -0.3 is 10.6 Å². The molecule has 3 nitrogen and oxygen atoms in total. The fourth-order valence-corrected chi connectivity index (χ4v) is 1.91. The van der Waals surface area contributed by atoms with Crippen LogP contribution in [0.4, 0.5) is 18.9 Å². The van der Waals surface area contributed by atoms with Gasteiger partial charge in [-0.2, -0.15) is 0 Å². The first kappa shape index (κ1) is 15.8. The minimum absolute atomic E-state index is 0. The third-order valence-corrected chi connectivity index (χ3v) is 2.89. The van der Waals surface area contributed by atoms with E-state index in [1.807, 2.05) is 0 Å². The molecule has 1 aliphatic rings. The largest absolute Gasteiger partial charge is 0.322 e. The van der Waals surface area contributed by atoms with E-state index in [1.54, 1.807) is 0 Å². The lowest BCUT2D eigenvalue weighted by Crippen LogP contribution is -2.43. The number of halogens is 4. The molecule has 1 amide bonds. The summed E-state index contributed by atoms with van der Waals surface area (Å²) in [6.45, 7) is 0.721. The molecular formula is C12H14ClF3N2O. The van der Waals surface area contributed by atoms with Gasteiger partial charge in [-0.15, -0.1) is 12.4 Å². The minimum Gasteiger partial charge on any atom is -0.322 e. The molecule has 1 aliphatic heterocycles. The quantitative estimate of drug-likeness (QED) is 0.823. The average Bonchev–Trinajstić information content (AvgIpc) is 2.37. The van der Waals surface area contributed by atoms with E-state index in [9.17, 15) is 18.0 Å². The number of anilines is 1. The molecule has 7 heteroatoms. The third kappa shape index (κ3) is 3.84. The molecule has 0 bridgehead atoms. The Kier molecular flexibility index (Phi) is 5.62. The smallest absolute Gasteiger partial charge is 0.241 e. The number of amides is 1. The second kappa shape index (κ2) is 6.77. The van der Waals surface area contributed by atoms with Crippen LogP contribution in [-0.4, -0.2) is 18.5 Å². The lowest BCUT2D eigenvalue weighted by molar-refractivity contribution is -0.118. The van der Waals surface area contributed by atoms with Crippen molar-refractivity contribution in [3.05, 3.63) is 29.6 Å². The molecule has 1 heterocycles. The summed E-state index contributed by atoms with van der Waals surface area (Å²) < 4.78 is 39.0. The molecule has 1 aromatic rings. The van der Waals surface area contributed by atoms with Crippen molar-refractivity contribution in [2.24, 2.45) is 0 Å². The van der Waals surface area contributed by atoms with E-state index in [0.717, 1.165) is 19.4 Å². The Labute approximate surface area is 115 Å². The minimum atomic E-state index is -1.28. The van der Waals surface area contributed by atoms with Crippen LogP contribution >= 0.6 is 12.4 Å². The summed E-state index contributed by atoms with van der Waals surface area (Å²) in [5.41, 5.74) is -0.341. The molecule has 0 spiro atoms. The van der Waals surface area contributed by atoms with Crippen molar-refractivity contribution in [2.45, 2.75) is 25.3 Å². The summed E-state index contributed by atoms with van der Waals surface area (Å²) in [5.74, 6) is -3.89. The molecule has 0 aliphatic carbocycles. The number of piperidine rings is 1. The Balaban J connectivity index is 0.00000180. The Morgan fingerprint density at radius 1 is 1.16 bits per heavy atom. The lowest BCUT2D eigenvalue weighted by atomic mass is 10.0. The van der Waals surface area contributed by atoms with Gasteiger partial charge in [-0.25, -0.2) is 13.2 Å². The number of hydrogen-bond donors (Lipinski definition) is 2. The van der Waals surface area contributed by atoms with Gasteiger partial charge in [-0.05, 0) is 19.4 Å². The van der Waals surface area contributed by atoms with Gasteiger partial charge in [-0.3, -0.25) is 4.79 Å². The van der Waals surface area contributed by atoms with E-state index >= 15 is 0 Å². The van der Waals surface area contributed by atoms with Crippen LogP contribution in [-0.2, 0) is 4.79 Å². The first-order chi connectivity index (χ1) is 8.58. The third-order valence-electron chi connectivity index (χ3n) is 2.89. The SMILES string of the molecule is Cl.O=C(Nc1cc(F)c(F)cc1F)[C@@H]1CCCCN1. The average molecular weight is 295 g/mol. The second-order valence-corrected chi connectivity index (χ2v) is 4.24. The van der Waals surface area contributed by atoms with Crippen LogP contribution in [0, 0.1) is 17.5 Å². The topological polar surface area (TPSA) is 41.1 Å². The number of nitrogens with one attached hydrogen (secondary N) is 2. The highest BCUT2D eigenvalue weighted by Gasteiger charge is 2.22. The van der Waals surface area contributed by atoms with Crippen molar-refractivity contribution >= 4 is 24.0 Å². The Morgan fingerprint density at radius 3 is 2.47 bits per heavy atom. The predicted octanol–water partition coefficient (Wildman–Crippen LogP) is 2.61. The number of carbonyl (C=O) groups is 1. The summed E-state index contributed by atoms with van der Waals surface area (Å²) in [4.78, 5) is 11.8. The molecule has 1 saturated heterocycles. The molecular weight excluding hydrogens is 281 g/mol. The monoisotopic (exact) mass is 294 g/mol. The maximum Gasteiger partial charge on any atom is 0.241 e. The van der Waals surface area contributed by atoms with Gasteiger partial charge in [0.05, 0.1) is 11.7 Å². The van der Waals surface area contributed by atoms with Gasteiger partial charge in [0.15, 0.2) is 11.6 Å². The van der Waals surface area contributed by atoms with E-state index in [1.165, 1.54) is 0 Å². The fourth-order valence-electron chi connectivity index (χ4n) is 1.91. The van der Waals surface area contributed by atoms with Gasteiger partial charge in [0, 0.05) is 12.1 Å². The van der Waals surface area contributed by atoms with E-state index in [4.69, 9.17) is 0 Å². The van der Waals surface area contributed by atoms with Crippen molar-refractivity contribution < 1.29 is 18.0 Å². The van der Waals surface area contributed by atoms with Gasteiger partial charge in [0.1, 0.15) is 5.82 Å². The van der Waals surface area contributed by atoms with Crippen molar-refractivity contribution in [1.29, 1.82) is 0 Å². The van der Waals surface area contributed by atoms with E-state index in [-0.39, 0.29) is 18.1 Å². The highest BCUT2D eigenvalue weighted by Crippen LogP contribution is 2.19. The molecule has 0 radical (unpaired) electrons. The Bertz CT molecular complexity index is 465. The number of carbonyl (C=O) groups excluding carboxylic acids is 1. The Morgan fingerprint density at radius 2 is 1.84 bits per heavy atom. The number of rotatable bonds is 2. The molecule has 0 aromatic heterocycles. The van der Waals surface area contributed by atoms with Gasteiger partial charge in [0.2, 0.25) is 5.91 Å². The maximum atomic E-state index is 13.3. The molecule has 106 valence electrons. The second-order valence-electron chi connectivity index (χ2n) is 4.24. The summed E-state index contributed by atoms with van der Waals surface area (Å²) in [6, 6.07) is 0.649. The molecule has 0 unspecified atom stereocenters. The molecule has 2 rings (SSSR count). The number of benzene rings is 1. The molecule has 1 fully saturated rings. The van der Waals surface area contributed by atoms with Gasteiger partial charge >= 0.3 is 0 Å². The fraction of sp³-hybridized carbons (Fsp3) is 0.417. The zero-order chi connectivity index (χ0) is 13.1. The van der Waals surface area contributed by atoms with Gasteiger partial charge in [-0.1, -0.05) is 6.42 Å². The summed E-state index contributed by atoms with van der Waals surface area (Å²) in [7, 11) is 0.